The van der Waals surface area contributed by atoms with E-state index in [0.717, 1.165) is 22.2 Å². The number of thiophene rings is 1. The molecule has 2 heterocycles. The molecule has 3 aromatic rings. The molecule has 3 rings (SSSR count). The lowest BCUT2D eigenvalue weighted by atomic mass is 10.2. The number of benzene rings is 1. The molecule has 9 heteroatoms. The van der Waals surface area contributed by atoms with Crippen molar-refractivity contribution in [2.45, 2.75) is 31.6 Å². The molecule has 0 fully saturated rings. The lowest BCUT2D eigenvalue weighted by molar-refractivity contribution is -0.117. The van der Waals surface area contributed by atoms with Crippen LogP contribution in [0.4, 0.5) is 4.79 Å². The van der Waals surface area contributed by atoms with Gasteiger partial charge in [-0.15, -0.1) is 17.9 Å². The van der Waals surface area contributed by atoms with Crippen molar-refractivity contribution in [1.29, 1.82) is 0 Å². The summed E-state index contributed by atoms with van der Waals surface area (Å²) in [7, 11) is 0. The molecule has 2 N–H and O–H groups in total. The van der Waals surface area contributed by atoms with Gasteiger partial charge in [0.2, 0.25) is 5.91 Å². The summed E-state index contributed by atoms with van der Waals surface area (Å²) in [6.07, 6.45) is 1.61. The van der Waals surface area contributed by atoms with E-state index in [9.17, 15) is 14.4 Å². The monoisotopic (exact) mass is 442 g/mol. The third-order valence-electron chi connectivity index (χ3n) is 3.99. The molecule has 1 aromatic carbocycles. The minimum atomic E-state index is -0.548. The highest BCUT2D eigenvalue weighted by Gasteiger charge is 2.16. The Kier molecular flexibility index (Phi) is 7.07. The Labute approximate surface area is 182 Å². The predicted octanol–water partition coefficient (Wildman–Crippen LogP) is 3.64. The second-order valence-electron chi connectivity index (χ2n) is 6.76. The van der Waals surface area contributed by atoms with E-state index in [4.69, 9.17) is 0 Å². The Morgan fingerprint density at radius 3 is 2.70 bits per heavy atom. The van der Waals surface area contributed by atoms with Gasteiger partial charge in [0, 0.05) is 17.5 Å². The number of hydrogen-bond acceptors (Lipinski definition) is 6. The number of rotatable bonds is 7. The van der Waals surface area contributed by atoms with Gasteiger partial charge in [-0.3, -0.25) is 19.5 Å². The van der Waals surface area contributed by atoms with Crippen LogP contribution in [0, 0.1) is 0 Å². The van der Waals surface area contributed by atoms with Crippen molar-refractivity contribution >= 4 is 45.3 Å². The maximum absolute atomic E-state index is 13.0. The zero-order chi connectivity index (χ0) is 21.7. The minimum absolute atomic E-state index is 0.0441. The smallest absolute Gasteiger partial charge is 0.321 e. The number of fused-ring (bicyclic) bond motifs is 1. The minimum Gasteiger partial charge on any atom is -0.336 e. The fourth-order valence-electron chi connectivity index (χ4n) is 2.73. The summed E-state index contributed by atoms with van der Waals surface area (Å²) in [6, 6.07) is 11.0. The number of allylic oxidation sites excluding steroid dienone is 1. The van der Waals surface area contributed by atoms with Crippen molar-refractivity contribution in [3.63, 3.8) is 0 Å². The van der Waals surface area contributed by atoms with Crippen LogP contribution in [-0.2, 0) is 11.3 Å². The van der Waals surface area contributed by atoms with E-state index >= 15 is 0 Å². The number of nitrogens with zero attached hydrogens (tertiary/aromatic N) is 2. The molecular weight excluding hydrogens is 420 g/mol. The van der Waals surface area contributed by atoms with Crippen molar-refractivity contribution in [2.75, 3.05) is 5.75 Å². The van der Waals surface area contributed by atoms with Crippen molar-refractivity contribution in [3.05, 3.63) is 59.4 Å². The Morgan fingerprint density at radius 1 is 1.30 bits per heavy atom. The molecule has 0 radical (unpaired) electrons. The zero-order valence-electron chi connectivity index (χ0n) is 16.7. The topological polar surface area (TPSA) is 93.1 Å². The first kappa shape index (κ1) is 21.8. The molecule has 2 aromatic heterocycles. The quantitative estimate of drug-likeness (QED) is 0.331. The molecule has 30 heavy (non-hydrogen) atoms. The van der Waals surface area contributed by atoms with E-state index in [1.165, 1.54) is 15.9 Å². The van der Waals surface area contributed by atoms with Gasteiger partial charge in [-0.05, 0) is 25.5 Å². The first-order valence-corrected chi connectivity index (χ1v) is 11.1. The summed E-state index contributed by atoms with van der Waals surface area (Å²) in [5.41, 5.74) is 0.832. The van der Waals surface area contributed by atoms with Gasteiger partial charge in [-0.25, -0.2) is 9.78 Å². The van der Waals surface area contributed by atoms with Gasteiger partial charge < -0.3 is 5.32 Å². The van der Waals surface area contributed by atoms with Gasteiger partial charge in [0.1, 0.15) is 4.83 Å². The van der Waals surface area contributed by atoms with Crippen LogP contribution in [0.2, 0.25) is 0 Å². The molecule has 0 saturated heterocycles. The summed E-state index contributed by atoms with van der Waals surface area (Å²) in [4.78, 5) is 43.0. The van der Waals surface area contributed by atoms with Gasteiger partial charge >= 0.3 is 6.03 Å². The molecule has 0 saturated carbocycles. The zero-order valence-corrected chi connectivity index (χ0v) is 18.3. The average Bonchev–Trinajstić information content (AvgIpc) is 3.13. The molecule has 0 atom stereocenters. The average molecular weight is 443 g/mol. The highest BCUT2D eigenvalue weighted by Crippen LogP contribution is 2.32. The second-order valence-corrected chi connectivity index (χ2v) is 8.73. The van der Waals surface area contributed by atoms with E-state index < -0.39 is 11.9 Å². The van der Waals surface area contributed by atoms with Crippen molar-refractivity contribution in [1.82, 2.24) is 20.2 Å². The van der Waals surface area contributed by atoms with Crippen LogP contribution in [0.15, 0.2) is 59.0 Å². The van der Waals surface area contributed by atoms with Crippen LogP contribution in [0.25, 0.3) is 20.7 Å². The summed E-state index contributed by atoms with van der Waals surface area (Å²) < 4.78 is 1.49. The van der Waals surface area contributed by atoms with Crippen LogP contribution >= 0.6 is 23.1 Å². The van der Waals surface area contributed by atoms with E-state index in [2.05, 4.69) is 22.2 Å². The van der Waals surface area contributed by atoms with Gasteiger partial charge in [-0.2, -0.15) is 0 Å². The molecule has 3 amide bonds. The molecule has 7 nitrogen and oxygen atoms in total. The first-order chi connectivity index (χ1) is 14.4. The van der Waals surface area contributed by atoms with Gasteiger partial charge in [-0.1, -0.05) is 48.2 Å². The molecule has 0 bridgehead atoms. The Morgan fingerprint density at radius 2 is 2.03 bits per heavy atom. The van der Waals surface area contributed by atoms with Crippen LogP contribution in [0.1, 0.15) is 13.8 Å². The van der Waals surface area contributed by atoms with Crippen LogP contribution in [0.3, 0.4) is 0 Å². The van der Waals surface area contributed by atoms with Crippen LogP contribution in [-0.4, -0.2) is 33.3 Å². The number of thioether (sulfide) groups is 1. The molecule has 0 aliphatic carbocycles. The summed E-state index contributed by atoms with van der Waals surface area (Å²) in [5.74, 6) is -0.508. The lowest BCUT2D eigenvalue weighted by Crippen LogP contribution is -2.43. The van der Waals surface area contributed by atoms with E-state index in [0.29, 0.717) is 15.4 Å². The van der Waals surface area contributed by atoms with Crippen molar-refractivity contribution < 1.29 is 9.59 Å². The number of nitrogens with one attached hydrogen (secondary N) is 2. The predicted molar refractivity (Wildman–Crippen MR) is 122 cm³/mol. The van der Waals surface area contributed by atoms with E-state index in [-0.39, 0.29) is 23.9 Å². The number of aromatic nitrogens is 2. The number of amides is 3. The van der Waals surface area contributed by atoms with E-state index in [1.54, 1.807) is 19.9 Å². The molecular formula is C21H22N4O3S2. The number of carbonyl (C=O) groups is 2. The maximum Gasteiger partial charge on any atom is 0.321 e. The highest BCUT2D eigenvalue weighted by atomic mass is 32.2. The fourth-order valence-corrected chi connectivity index (χ4v) is 4.62. The molecule has 0 spiro atoms. The second kappa shape index (κ2) is 9.73. The molecule has 0 aliphatic heterocycles. The number of imide groups is 1. The van der Waals surface area contributed by atoms with Gasteiger partial charge in [0.15, 0.2) is 5.16 Å². The van der Waals surface area contributed by atoms with Gasteiger partial charge in [0.25, 0.3) is 5.56 Å². The SMILES string of the molecule is C=CCn1c(SCC(=O)NC(=O)NC(C)C)nc2sc(-c3ccccc3)cc2c1=O. The van der Waals surface area contributed by atoms with Crippen molar-refractivity contribution in [3.8, 4) is 10.4 Å². The Bertz CT molecular complexity index is 1140. The number of carbonyl (C=O) groups excluding carboxylic acids is 2. The number of hydrogen-bond donors (Lipinski definition) is 2. The highest BCUT2D eigenvalue weighted by molar-refractivity contribution is 7.99. The summed E-state index contributed by atoms with van der Waals surface area (Å²) in [6.45, 7) is 7.59. The van der Waals surface area contributed by atoms with Crippen molar-refractivity contribution in [2.24, 2.45) is 0 Å². The van der Waals surface area contributed by atoms with Crippen LogP contribution in [0.5, 0.6) is 0 Å². The lowest BCUT2D eigenvalue weighted by Gasteiger charge is -2.11. The fraction of sp³-hybridized carbons (Fsp3) is 0.238. The normalized spacial score (nSPS) is 10.9. The standard InChI is InChI=1S/C21H22N4O3S2/c1-4-10-25-19(27)15-11-16(14-8-6-5-7-9-14)30-18(15)24-21(25)29-12-17(26)23-20(28)22-13(2)3/h4-9,11,13H,1,10,12H2,2-3H3,(H2,22,23,26,28). The van der Waals surface area contributed by atoms with Gasteiger partial charge in [0.05, 0.1) is 11.1 Å². The number of urea groups is 1. The molecule has 0 unspecified atom stereocenters. The Balaban J connectivity index is 1.87. The summed E-state index contributed by atoms with van der Waals surface area (Å²) >= 11 is 2.54. The van der Waals surface area contributed by atoms with E-state index in [1.807, 2.05) is 36.4 Å². The third-order valence-corrected chi connectivity index (χ3v) is 6.05. The van der Waals surface area contributed by atoms with Crippen LogP contribution < -0.4 is 16.2 Å². The Hall–Kier alpha value is -2.91. The molecule has 0 aliphatic rings. The third kappa shape index (κ3) is 5.17. The maximum atomic E-state index is 13.0. The first-order valence-electron chi connectivity index (χ1n) is 9.33. The summed E-state index contributed by atoms with van der Waals surface area (Å²) in [5, 5.41) is 5.80. The largest absolute Gasteiger partial charge is 0.336 e. The molecule has 156 valence electrons.